The molecule has 0 aliphatic carbocycles. The number of halogens is 1. The van der Waals surface area contributed by atoms with Gasteiger partial charge in [-0.15, -0.1) is 5.10 Å². The van der Waals surface area contributed by atoms with Gasteiger partial charge in [0.1, 0.15) is 0 Å². The number of nitrogens with two attached hydrogens (primary N) is 1. The molecule has 2 aromatic rings. The molecule has 1 aromatic heterocycles. The number of carbonyl (C=O) groups is 1. The van der Waals surface area contributed by atoms with Crippen molar-refractivity contribution in [1.82, 2.24) is 15.0 Å². The van der Waals surface area contributed by atoms with E-state index in [0.717, 1.165) is 18.5 Å². The summed E-state index contributed by atoms with van der Waals surface area (Å²) in [6.07, 6.45) is 3.84. The maximum absolute atomic E-state index is 11.9. The average Bonchev–Trinajstić information content (AvgIpc) is 2.93. The maximum atomic E-state index is 11.9. The smallest absolute Gasteiger partial charge is 0.226 e. The summed E-state index contributed by atoms with van der Waals surface area (Å²) in [5.41, 5.74) is 6.96. The van der Waals surface area contributed by atoms with Gasteiger partial charge in [0.05, 0.1) is 22.9 Å². The Bertz CT molecular complexity index is 599. The molecule has 21 heavy (non-hydrogen) atoms. The van der Waals surface area contributed by atoms with Crippen LogP contribution in [0.15, 0.2) is 30.5 Å². The molecule has 3 N–H and O–H groups in total. The third-order valence-electron chi connectivity index (χ3n) is 2.94. The molecule has 0 saturated carbocycles. The second-order valence-electron chi connectivity index (χ2n) is 4.64. The van der Waals surface area contributed by atoms with E-state index in [1.807, 2.05) is 18.3 Å². The predicted molar refractivity (Wildman–Crippen MR) is 82.1 cm³/mol. The number of hydrogen-bond donors (Lipinski definition) is 2. The lowest BCUT2D eigenvalue weighted by molar-refractivity contribution is -0.116. The topological polar surface area (TPSA) is 85.8 Å². The predicted octanol–water partition coefficient (Wildman–Crippen LogP) is 1.85. The zero-order valence-corrected chi connectivity index (χ0v) is 12.4. The first kappa shape index (κ1) is 15.5. The van der Waals surface area contributed by atoms with Crippen LogP contribution in [0.4, 0.5) is 5.69 Å². The summed E-state index contributed by atoms with van der Waals surface area (Å²) < 4.78 is 1.66. The van der Waals surface area contributed by atoms with Crippen molar-refractivity contribution in [2.45, 2.75) is 25.8 Å². The van der Waals surface area contributed by atoms with Crippen molar-refractivity contribution in [2.24, 2.45) is 5.73 Å². The van der Waals surface area contributed by atoms with Crippen molar-refractivity contribution in [1.29, 1.82) is 0 Å². The maximum Gasteiger partial charge on any atom is 0.226 e. The number of aryl methyl sites for hydroxylation is 2. The van der Waals surface area contributed by atoms with Crippen LogP contribution in [0.3, 0.4) is 0 Å². The summed E-state index contributed by atoms with van der Waals surface area (Å²) in [5.74, 6) is -0.109. The second-order valence-corrected chi connectivity index (χ2v) is 5.05. The molecule has 0 bridgehead atoms. The minimum atomic E-state index is -0.109. The molecule has 7 heteroatoms. The van der Waals surface area contributed by atoms with Gasteiger partial charge in [-0.3, -0.25) is 9.48 Å². The van der Waals surface area contributed by atoms with Crippen LogP contribution in [0.25, 0.3) is 0 Å². The molecule has 6 nitrogen and oxygen atoms in total. The van der Waals surface area contributed by atoms with Gasteiger partial charge in [-0.2, -0.15) is 0 Å². The largest absolute Gasteiger partial charge is 0.330 e. The number of anilines is 1. The van der Waals surface area contributed by atoms with Crippen molar-refractivity contribution in [2.75, 3.05) is 11.9 Å². The Labute approximate surface area is 128 Å². The van der Waals surface area contributed by atoms with Gasteiger partial charge >= 0.3 is 0 Å². The van der Waals surface area contributed by atoms with Gasteiger partial charge in [-0.25, -0.2) is 0 Å². The van der Waals surface area contributed by atoms with E-state index in [-0.39, 0.29) is 5.91 Å². The van der Waals surface area contributed by atoms with Crippen LogP contribution in [0.1, 0.15) is 18.5 Å². The standard InChI is InChI=1S/C14H18ClN5O/c15-12-5-1-2-6-13(12)17-14(21)7-9-20-10-11(18-19-20)4-3-8-16/h1-2,5-6,10H,3-4,7-9,16H2,(H,17,21). The van der Waals surface area contributed by atoms with Crippen LogP contribution in [-0.2, 0) is 17.8 Å². The highest BCUT2D eigenvalue weighted by molar-refractivity contribution is 6.33. The van der Waals surface area contributed by atoms with Crippen LogP contribution < -0.4 is 11.1 Å². The van der Waals surface area contributed by atoms with Crippen LogP contribution in [0.5, 0.6) is 0 Å². The fraction of sp³-hybridized carbons (Fsp3) is 0.357. The molecule has 1 amide bonds. The molecule has 0 aliphatic rings. The molecule has 0 saturated heterocycles. The second kappa shape index (κ2) is 7.75. The zero-order valence-electron chi connectivity index (χ0n) is 11.6. The number of nitrogens with zero attached hydrogens (tertiary/aromatic N) is 3. The summed E-state index contributed by atoms with van der Waals surface area (Å²) in [7, 11) is 0. The van der Waals surface area contributed by atoms with Crippen LogP contribution >= 0.6 is 11.6 Å². The number of para-hydroxylation sites is 1. The number of amides is 1. The monoisotopic (exact) mass is 307 g/mol. The van der Waals surface area contributed by atoms with Gasteiger partial charge in [-0.05, 0) is 31.5 Å². The van der Waals surface area contributed by atoms with Crippen LogP contribution in [0.2, 0.25) is 5.02 Å². The molecule has 1 heterocycles. The van der Waals surface area contributed by atoms with Crippen molar-refractivity contribution in [3.05, 3.63) is 41.2 Å². The number of aromatic nitrogens is 3. The Kier molecular flexibility index (Phi) is 5.71. The fourth-order valence-corrected chi connectivity index (χ4v) is 2.02. The van der Waals surface area contributed by atoms with Gasteiger partial charge in [-0.1, -0.05) is 28.9 Å². The Hall–Kier alpha value is -1.92. The molecule has 0 radical (unpaired) electrons. The lowest BCUT2D eigenvalue weighted by Crippen LogP contribution is -2.15. The molecule has 2 rings (SSSR count). The first-order valence-corrected chi connectivity index (χ1v) is 7.20. The van der Waals surface area contributed by atoms with Crippen molar-refractivity contribution < 1.29 is 4.79 Å². The minimum Gasteiger partial charge on any atom is -0.330 e. The van der Waals surface area contributed by atoms with Gasteiger partial charge in [0.15, 0.2) is 0 Å². The first-order valence-electron chi connectivity index (χ1n) is 6.82. The summed E-state index contributed by atoms with van der Waals surface area (Å²) in [4.78, 5) is 11.9. The Morgan fingerprint density at radius 1 is 1.38 bits per heavy atom. The normalized spacial score (nSPS) is 10.6. The van der Waals surface area contributed by atoms with Gasteiger partial charge in [0.25, 0.3) is 0 Å². The highest BCUT2D eigenvalue weighted by Gasteiger charge is 2.07. The quantitative estimate of drug-likeness (QED) is 0.817. The molecule has 0 spiro atoms. The number of rotatable bonds is 7. The lowest BCUT2D eigenvalue weighted by atomic mass is 10.2. The van der Waals surface area contributed by atoms with Gasteiger partial charge in [0.2, 0.25) is 5.91 Å². The van der Waals surface area contributed by atoms with E-state index >= 15 is 0 Å². The number of nitrogens with one attached hydrogen (secondary N) is 1. The molecule has 0 atom stereocenters. The zero-order chi connectivity index (χ0) is 15.1. The number of carbonyl (C=O) groups excluding carboxylic acids is 1. The number of benzene rings is 1. The van der Waals surface area contributed by atoms with E-state index < -0.39 is 0 Å². The van der Waals surface area contributed by atoms with Crippen molar-refractivity contribution in [3.8, 4) is 0 Å². The van der Waals surface area contributed by atoms with E-state index in [0.29, 0.717) is 30.2 Å². The van der Waals surface area contributed by atoms with E-state index in [2.05, 4.69) is 15.6 Å². The van der Waals surface area contributed by atoms with Gasteiger partial charge in [0, 0.05) is 12.6 Å². The molecule has 0 unspecified atom stereocenters. The molecule has 112 valence electrons. The first-order chi connectivity index (χ1) is 10.2. The molecule has 0 fully saturated rings. The van der Waals surface area contributed by atoms with E-state index in [1.54, 1.807) is 16.8 Å². The summed E-state index contributed by atoms with van der Waals surface area (Å²) in [5, 5.41) is 11.3. The van der Waals surface area contributed by atoms with Gasteiger partial charge < -0.3 is 11.1 Å². The Morgan fingerprint density at radius 2 is 2.19 bits per heavy atom. The molecular formula is C14H18ClN5O. The molecule has 1 aromatic carbocycles. The van der Waals surface area contributed by atoms with Crippen LogP contribution in [-0.4, -0.2) is 27.4 Å². The third kappa shape index (κ3) is 4.84. The van der Waals surface area contributed by atoms with Crippen molar-refractivity contribution >= 4 is 23.2 Å². The van der Waals surface area contributed by atoms with Crippen LogP contribution in [0, 0.1) is 0 Å². The highest BCUT2D eigenvalue weighted by Crippen LogP contribution is 2.20. The minimum absolute atomic E-state index is 0.109. The Morgan fingerprint density at radius 3 is 2.95 bits per heavy atom. The van der Waals surface area contributed by atoms with E-state index in [4.69, 9.17) is 17.3 Å². The summed E-state index contributed by atoms with van der Waals surface area (Å²) >= 11 is 5.98. The average molecular weight is 308 g/mol. The van der Waals surface area contributed by atoms with E-state index in [9.17, 15) is 4.79 Å². The summed E-state index contributed by atoms with van der Waals surface area (Å²) in [6.45, 7) is 1.11. The van der Waals surface area contributed by atoms with Crippen molar-refractivity contribution in [3.63, 3.8) is 0 Å². The number of hydrogen-bond acceptors (Lipinski definition) is 4. The Balaban J connectivity index is 1.81. The molecular weight excluding hydrogens is 290 g/mol. The van der Waals surface area contributed by atoms with E-state index in [1.165, 1.54) is 0 Å². The fourth-order valence-electron chi connectivity index (χ4n) is 1.84. The third-order valence-corrected chi connectivity index (χ3v) is 3.27. The SMILES string of the molecule is NCCCc1cn(CCC(=O)Nc2ccccc2Cl)nn1. The summed E-state index contributed by atoms with van der Waals surface area (Å²) in [6, 6.07) is 7.14. The highest BCUT2D eigenvalue weighted by atomic mass is 35.5. The molecule has 0 aliphatic heterocycles. The lowest BCUT2D eigenvalue weighted by Gasteiger charge is -2.06.